The number of halogens is 1. The zero-order valence-corrected chi connectivity index (χ0v) is 8.77. The molecule has 0 aliphatic heterocycles. The number of hydrogen-bond donors (Lipinski definition) is 0. The maximum atomic E-state index is 10.6. The molecule has 0 fully saturated rings. The summed E-state index contributed by atoms with van der Waals surface area (Å²) >= 11 is 6.01. The fourth-order valence-electron chi connectivity index (χ4n) is 1.30. The summed E-state index contributed by atoms with van der Waals surface area (Å²) in [6.45, 7) is 1.77. The van der Waals surface area contributed by atoms with Crippen LogP contribution in [0.15, 0.2) is 24.3 Å². The highest BCUT2D eigenvalue weighted by atomic mass is 35.5. The third-order valence-corrected chi connectivity index (χ3v) is 2.44. The molecule has 0 saturated heterocycles. The minimum atomic E-state index is 0.329. The van der Waals surface area contributed by atoms with E-state index in [2.05, 4.69) is 10.3 Å². The van der Waals surface area contributed by atoms with Crippen LogP contribution in [-0.2, 0) is 0 Å². The highest BCUT2D eigenvalue weighted by Crippen LogP contribution is 2.20. The Morgan fingerprint density at radius 3 is 2.73 bits per heavy atom. The van der Waals surface area contributed by atoms with Crippen molar-refractivity contribution in [1.29, 1.82) is 0 Å². The van der Waals surface area contributed by atoms with Crippen molar-refractivity contribution in [1.82, 2.24) is 15.0 Å². The monoisotopic (exact) mass is 221 g/mol. The van der Waals surface area contributed by atoms with Gasteiger partial charge in [-0.25, -0.2) is 4.68 Å². The molecule has 0 atom stereocenters. The number of hydrogen-bond acceptors (Lipinski definition) is 3. The van der Waals surface area contributed by atoms with Crippen LogP contribution in [0.25, 0.3) is 5.69 Å². The van der Waals surface area contributed by atoms with Crippen molar-refractivity contribution in [2.24, 2.45) is 0 Å². The van der Waals surface area contributed by atoms with E-state index in [9.17, 15) is 4.79 Å². The lowest BCUT2D eigenvalue weighted by atomic mass is 10.3. The van der Waals surface area contributed by atoms with Gasteiger partial charge in [-0.15, -0.1) is 5.10 Å². The first kappa shape index (κ1) is 9.86. The summed E-state index contributed by atoms with van der Waals surface area (Å²) in [6.07, 6.45) is 0.676. The Balaban J connectivity index is 2.59. The van der Waals surface area contributed by atoms with Gasteiger partial charge in [0, 0.05) is 0 Å². The number of nitrogens with zero attached hydrogens (tertiary/aromatic N) is 3. The van der Waals surface area contributed by atoms with Gasteiger partial charge in [0.25, 0.3) is 0 Å². The zero-order chi connectivity index (χ0) is 10.8. The van der Waals surface area contributed by atoms with E-state index >= 15 is 0 Å². The molecule has 0 aliphatic carbocycles. The Morgan fingerprint density at radius 2 is 2.13 bits per heavy atom. The molecule has 0 N–H and O–H groups in total. The van der Waals surface area contributed by atoms with Gasteiger partial charge in [-0.1, -0.05) is 28.9 Å². The SMILES string of the molecule is Cc1c(C=O)nnn1-c1ccccc1Cl. The van der Waals surface area contributed by atoms with Crippen molar-refractivity contribution < 1.29 is 4.79 Å². The predicted octanol–water partition coefficient (Wildman–Crippen LogP) is 2.04. The average Bonchev–Trinajstić information content (AvgIpc) is 2.60. The van der Waals surface area contributed by atoms with Crippen LogP contribution in [0.3, 0.4) is 0 Å². The van der Waals surface area contributed by atoms with Crippen molar-refractivity contribution in [2.75, 3.05) is 0 Å². The molecule has 4 nitrogen and oxygen atoms in total. The standard InChI is InChI=1S/C10H8ClN3O/c1-7-9(6-15)12-13-14(7)10-5-3-2-4-8(10)11/h2-6H,1H3. The van der Waals surface area contributed by atoms with Gasteiger partial charge in [-0.2, -0.15) is 0 Å². The molecular formula is C10H8ClN3O. The summed E-state index contributed by atoms with van der Waals surface area (Å²) in [5, 5.41) is 8.18. The maximum Gasteiger partial charge on any atom is 0.172 e. The lowest BCUT2D eigenvalue weighted by Crippen LogP contribution is -2.00. The fourth-order valence-corrected chi connectivity index (χ4v) is 1.52. The Bertz CT molecular complexity index is 507. The van der Waals surface area contributed by atoms with Gasteiger partial charge in [0.1, 0.15) is 5.69 Å². The third kappa shape index (κ3) is 1.64. The molecule has 76 valence electrons. The number of aromatic nitrogens is 3. The van der Waals surface area contributed by atoms with Gasteiger partial charge in [0.2, 0.25) is 0 Å². The summed E-state index contributed by atoms with van der Waals surface area (Å²) in [4.78, 5) is 10.6. The highest BCUT2D eigenvalue weighted by Gasteiger charge is 2.10. The number of carbonyl (C=O) groups excluding carboxylic acids is 1. The second kappa shape index (κ2) is 3.82. The van der Waals surface area contributed by atoms with E-state index < -0.39 is 0 Å². The first-order valence-electron chi connectivity index (χ1n) is 4.36. The van der Waals surface area contributed by atoms with Gasteiger partial charge in [-0.3, -0.25) is 4.79 Å². The molecule has 0 amide bonds. The van der Waals surface area contributed by atoms with E-state index in [-0.39, 0.29) is 0 Å². The van der Waals surface area contributed by atoms with Crippen molar-refractivity contribution in [3.05, 3.63) is 40.7 Å². The highest BCUT2D eigenvalue weighted by molar-refractivity contribution is 6.32. The molecule has 1 heterocycles. The van der Waals surface area contributed by atoms with E-state index in [1.807, 2.05) is 18.2 Å². The summed E-state index contributed by atoms with van der Waals surface area (Å²) < 4.78 is 1.55. The molecule has 15 heavy (non-hydrogen) atoms. The maximum absolute atomic E-state index is 10.6. The zero-order valence-electron chi connectivity index (χ0n) is 8.01. The first-order chi connectivity index (χ1) is 7.24. The van der Waals surface area contributed by atoms with Crippen LogP contribution >= 0.6 is 11.6 Å². The third-order valence-electron chi connectivity index (χ3n) is 2.12. The predicted molar refractivity (Wildman–Crippen MR) is 56.5 cm³/mol. The molecule has 5 heteroatoms. The van der Waals surface area contributed by atoms with Crippen LogP contribution in [0, 0.1) is 6.92 Å². The number of rotatable bonds is 2. The van der Waals surface area contributed by atoms with E-state index in [0.717, 1.165) is 5.69 Å². The minimum Gasteiger partial charge on any atom is -0.296 e. The fraction of sp³-hybridized carbons (Fsp3) is 0.100. The molecule has 0 aliphatic rings. The summed E-state index contributed by atoms with van der Waals surface area (Å²) in [7, 11) is 0. The molecular weight excluding hydrogens is 214 g/mol. The molecule has 2 rings (SSSR count). The Morgan fingerprint density at radius 1 is 1.40 bits per heavy atom. The topological polar surface area (TPSA) is 47.8 Å². The van der Waals surface area contributed by atoms with Gasteiger partial charge in [0.05, 0.1) is 16.4 Å². The van der Waals surface area contributed by atoms with Crippen LogP contribution in [0.2, 0.25) is 5.02 Å². The van der Waals surface area contributed by atoms with Crippen LogP contribution in [-0.4, -0.2) is 21.3 Å². The quantitative estimate of drug-likeness (QED) is 0.730. The molecule has 0 spiro atoms. The van der Waals surface area contributed by atoms with Crippen LogP contribution in [0.1, 0.15) is 16.2 Å². The van der Waals surface area contributed by atoms with Gasteiger partial charge < -0.3 is 0 Å². The number of carbonyl (C=O) groups is 1. The molecule has 0 radical (unpaired) electrons. The number of aldehydes is 1. The Kier molecular flexibility index (Phi) is 2.51. The molecule has 2 aromatic rings. The van der Waals surface area contributed by atoms with Crippen molar-refractivity contribution in [3.63, 3.8) is 0 Å². The van der Waals surface area contributed by atoms with E-state index in [1.165, 1.54) is 0 Å². The van der Waals surface area contributed by atoms with Gasteiger partial charge >= 0.3 is 0 Å². The largest absolute Gasteiger partial charge is 0.296 e. The molecule has 0 saturated carbocycles. The van der Waals surface area contributed by atoms with Crippen molar-refractivity contribution in [3.8, 4) is 5.69 Å². The number of para-hydroxylation sites is 1. The minimum absolute atomic E-state index is 0.329. The smallest absolute Gasteiger partial charge is 0.172 e. The summed E-state index contributed by atoms with van der Waals surface area (Å²) in [5.74, 6) is 0. The number of benzene rings is 1. The second-order valence-electron chi connectivity index (χ2n) is 3.04. The van der Waals surface area contributed by atoms with E-state index in [1.54, 1.807) is 17.7 Å². The lowest BCUT2D eigenvalue weighted by molar-refractivity contribution is 0.111. The Hall–Kier alpha value is -1.68. The summed E-state index contributed by atoms with van der Waals surface area (Å²) in [6, 6.07) is 7.26. The van der Waals surface area contributed by atoms with Crippen LogP contribution < -0.4 is 0 Å². The molecule has 1 aromatic heterocycles. The normalized spacial score (nSPS) is 10.3. The van der Waals surface area contributed by atoms with Crippen molar-refractivity contribution in [2.45, 2.75) is 6.92 Å². The molecule has 1 aromatic carbocycles. The first-order valence-corrected chi connectivity index (χ1v) is 4.74. The van der Waals surface area contributed by atoms with E-state index in [0.29, 0.717) is 22.7 Å². The van der Waals surface area contributed by atoms with Crippen molar-refractivity contribution >= 4 is 17.9 Å². The van der Waals surface area contributed by atoms with E-state index in [4.69, 9.17) is 11.6 Å². The molecule has 0 unspecified atom stereocenters. The second-order valence-corrected chi connectivity index (χ2v) is 3.45. The lowest BCUT2D eigenvalue weighted by Gasteiger charge is -2.04. The summed E-state index contributed by atoms with van der Waals surface area (Å²) in [5.41, 5.74) is 1.73. The van der Waals surface area contributed by atoms with Crippen LogP contribution in [0.5, 0.6) is 0 Å². The van der Waals surface area contributed by atoms with Gasteiger partial charge in [0.15, 0.2) is 6.29 Å². The molecule has 0 bridgehead atoms. The van der Waals surface area contributed by atoms with Crippen LogP contribution in [0.4, 0.5) is 0 Å². The average molecular weight is 222 g/mol. The Labute approximate surface area is 91.5 Å². The van der Waals surface area contributed by atoms with Gasteiger partial charge in [-0.05, 0) is 19.1 Å².